The van der Waals surface area contributed by atoms with Crippen LogP contribution in [0.5, 0.6) is 0 Å². The van der Waals surface area contributed by atoms with E-state index in [0.717, 1.165) is 37.1 Å². The van der Waals surface area contributed by atoms with E-state index in [2.05, 4.69) is 0 Å². The molecule has 0 atom stereocenters. The first-order valence-electron chi connectivity index (χ1n) is 5.40. The SMILES string of the molecule is CCN1CCCc2cccc(N)c2C1=O. The molecule has 1 aliphatic rings. The number of carbonyl (C=O) groups is 1. The zero-order chi connectivity index (χ0) is 10.8. The summed E-state index contributed by atoms with van der Waals surface area (Å²) in [5, 5.41) is 0. The predicted molar refractivity (Wildman–Crippen MR) is 60.8 cm³/mol. The quantitative estimate of drug-likeness (QED) is 0.707. The molecule has 1 amide bonds. The fourth-order valence-corrected chi connectivity index (χ4v) is 2.11. The zero-order valence-electron chi connectivity index (χ0n) is 8.99. The van der Waals surface area contributed by atoms with Gasteiger partial charge in [0.25, 0.3) is 5.91 Å². The molecular weight excluding hydrogens is 188 g/mol. The molecule has 0 saturated carbocycles. The molecule has 0 unspecified atom stereocenters. The van der Waals surface area contributed by atoms with Crippen LogP contribution in [0.2, 0.25) is 0 Å². The zero-order valence-corrected chi connectivity index (χ0v) is 8.99. The largest absolute Gasteiger partial charge is 0.398 e. The summed E-state index contributed by atoms with van der Waals surface area (Å²) in [6.45, 7) is 3.60. The second kappa shape index (κ2) is 3.93. The van der Waals surface area contributed by atoms with Gasteiger partial charge in [-0.3, -0.25) is 4.79 Å². The third-order valence-corrected chi connectivity index (χ3v) is 2.94. The third kappa shape index (κ3) is 1.69. The molecule has 3 heteroatoms. The van der Waals surface area contributed by atoms with Crippen molar-refractivity contribution in [2.75, 3.05) is 18.8 Å². The number of nitrogen functional groups attached to an aromatic ring is 1. The highest BCUT2D eigenvalue weighted by Gasteiger charge is 2.22. The van der Waals surface area contributed by atoms with Gasteiger partial charge in [0.2, 0.25) is 0 Å². The lowest BCUT2D eigenvalue weighted by Gasteiger charge is -2.19. The summed E-state index contributed by atoms with van der Waals surface area (Å²) in [5.41, 5.74) is 8.29. The van der Waals surface area contributed by atoms with Gasteiger partial charge in [-0.2, -0.15) is 0 Å². The molecule has 1 aromatic carbocycles. The molecule has 0 radical (unpaired) electrons. The number of nitrogens with two attached hydrogens (primary N) is 1. The molecule has 2 N–H and O–H groups in total. The highest BCUT2D eigenvalue weighted by atomic mass is 16.2. The van der Waals surface area contributed by atoms with Crippen LogP contribution in [0.4, 0.5) is 5.69 Å². The van der Waals surface area contributed by atoms with E-state index in [0.29, 0.717) is 5.69 Å². The van der Waals surface area contributed by atoms with Crippen molar-refractivity contribution in [3.8, 4) is 0 Å². The van der Waals surface area contributed by atoms with Gasteiger partial charge in [0.1, 0.15) is 0 Å². The lowest BCUT2D eigenvalue weighted by atomic mass is 10.0. The monoisotopic (exact) mass is 204 g/mol. The lowest BCUT2D eigenvalue weighted by Crippen LogP contribution is -2.31. The van der Waals surface area contributed by atoms with Crippen molar-refractivity contribution in [2.24, 2.45) is 0 Å². The van der Waals surface area contributed by atoms with Gasteiger partial charge in [0.15, 0.2) is 0 Å². The number of hydrogen-bond acceptors (Lipinski definition) is 2. The molecule has 1 heterocycles. The first-order chi connectivity index (χ1) is 7.24. The Morgan fingerprint density at radius 3 is 3.00 bits per heavy atom. The number of fused-ring (bicyclic) bond motifs is 1. The number of carbonyl (C=O) groups excluding carboxylic acids is 1. The van der Waals surface area contributed by atoms with Gasteiger partial charge < -0.3 is 10.6 Å². The van der Waals surface area contributed by atoms with Gasteiger partial charge in [0.05, 0.1) is 5.56 Å². The standard InChI is InChI=1S/C12H16N2O/c1-2-14-8-4-6-9-5-3-7-10(13)11(9)12(14)15/h3,5,7H,2,4,6,8,13H2,1H3. The van der Waals surface area contributed by atoms with E-state index < -0.39 is 0 Å². The Labute approximate surface area is 89.9 Å². The summed E-state index contributed by atoms with van der Waals surface area (Å²) in [4.78, 5) is 14.0. The highest BCUT2D eigenvalue weighted by Crippen LogP contribution is 2.23. The number of benzene rings is 1. The van der Waals surface area contributed by atoms with Crippen molar-refractivity contribution in [2.45, 2.75) is 19.8 Å². The van der Waals surface area contributed by atoms with E-state index >= 15 is 0 Å². The van der Waals surface area contributed by atoms with Crippen molar-refractivity contribution in [3.63, 3.8) is 0 Å². The fourth-order valence-electron chi connectivity index (χ4n) is 2.11. The van der Waals surface area contributed by atoms with Crippen LogP contribution in [0.3, 0.4) is 0 Å². The van der Waals surface area contributed by atoms with Gasteiger partial charge in [0, 0.05) is 18.8 Å². The van der Waals surface area contributed by atoms with Crippen LogP contribution in [-0.2, 0) is 6.42 Å². The molecule has 0 fully saturated rings. The van der Waals surface area contributed by atoms with Crippen LogP contribution in [0.25, 0.3) is 0 Å². The molecule has 80 valence electrons. The smallest absolute Gasteiger partial charge is 0.256 e. The topological polar surface area (TPSA) is 46.3 Å². The van der Waals surface area contributed by atoms with Gasteiger partial charge in [-0.1, -0.05) is 12.1 Å². The van der Waals surface area contributed by atoms with E-state index in [1.165, 1.54) is 0 Å². The van der Waals surface area contributed by atoms with E-state index in [-0.39, 0.29) is 5.91 Å². The highest BCUT2D eigenvalue weighted by molar-refractivity contribution is 6.00. The Kier molecular flexibility index (Phi) is 2.62. The minimum atomic E-state index is 0.0862. The Morgan fingerprint density at radius 1 is 1.47 bits per heavy atom. The van der Waals surface area contributed by atoms with Crippen LogP contribution in [0.15, 0.2) is 18.2 Å². The number of rotatable bonds is 1. The van der Waals surface area contributed by atoms with Gasteiger partial charge in [-0.25, -0.2) is 0 Å². The Bertz CT molecular complexity index is 387. The number of hydrogen-bond donors (Lipinski definition) is 1. The summed E-state index contributed by atoms with van der Waals surface area (Å²) in [7, 11) is 0. The maximum atomic E-state index is 12.1. The fraction of sp³-hybridized carbons (Fsp3) is 0.417. The summed E-state index contributed by atoms with van der Waals surface area (Å²) in [6, 6.07) is 5.72. The van der Waals surface area contributed by atoms with Crippen LogP contribution < -0.4 is 5.73 Å². The average molecular weight is 204 g/mol. The minimum Gasteiger partial charge on any atom is -0.398 e. The third-order valence-electron chi connectivity index (χ3n) is 2.94. The van der Waals surface area contributed by atoms with E-state index in [9.17, 15) is 4.79 Å². The van der Waals surface area contributed by atoms with Crippen LogP contribution >= 0.6 is 0 Å². The predicted octanol–water partition coefficient (Wildman–Crippen LogP) is 1.68. The first-order valence-corrected chi connectivity index (χ1v) is 5.40. The number of anilines is 1. The molecule has 0 aromatic heterocycles. The second-order valence-corrected chi connectivity index (χ2v) is 3.87. The number of aryl methyl sites for hydroxylation is 1. The number of nitrogens with zero attached hydrogens (tertiary/aromatic N) is 1. The van der Waals surface area contributed by atoms with Crippen LogP contribution in [0, 0.1) is 0 Å². The molecule has 0 bridgehead atoms. The minimum absolute atomic E-state index is 0.0862. The van der Waals surface area contributed by atoms with E-state index in [1.807, 2.05) is 24.0 Å². The van der Waals surface area contributed by atoms with Gasteiger partial charge in [-0.05, 0) is 31.4 Å². The van der Waals surface area contributed by atoms with Crippen LogP contribution in [0.1, 0.15) is 29.3 Å². The summed E-state index contributed by atoms with van der Waals surface area (Å²) in [5.74, 6) is 0.0862. The Hall–Kier alpha value is -1.51. The molecule has 2 rings (SSSR count). The number of amides is 1. The van der Waals surface area contributed by atoms with Gasteiger partial charge >= 0.3 is 0 Å². The molecule has 0 aliphatic carbocycles. The van der Waals surface area contributed by atoms with Crippen LogP contribution in [-0.4, -0.2) is 23.9 Å². The van der Waals surface area contributed by atoms with Crippen molar-refractivity contribution >= 4 is 11.6 Å². The lowest BCUT2D eigenvalue weighted by molar-refractivity contribution is 0.0771. The van der Waals surface area contributed by atoms with E-state index in [4.69, 9.17) is 5.73 Å². The van der Waals surface area contributed by atoms with Gasteiger partial charge in [-0.15, -0.1) is 0 Å². The average Bonchev–Trinajstić information content (AvgIpc) is 2.39. The summed E-state index contributed by atoms with van der Waals surface area (Å²) in [6.07, 6.45) is 1.97. The summed E-state index contributed by atoms with van der Waals surface area (Å²) >= 11 is 0. The van der Waals surface area contributed by atoms with E-state index in [1.54, 1.807) is 6.07 Å². The maximum absolute atomic E-state index is 12.1. The maximum Gasteiger partial charge on any atom is 0.256 e. The van der Waals surface area contributed by atoms with Crippen molar-refractivity contribution < 1.29 is 4.79 Å². The normalized spacial score (nSPS) is 16.1. The molecule has 1 aliphatic heterocycles. The Balaban J connectivity index is 2.49. The van der Waals surface area contributed by atoms with Crippen molar-refractivity contribution in [1.29, 1.82) is 0 Å². The second-order valence-electron chi connectivity index (χ2n) is 3.87. The molecule has 15 heavy (non-hydrogen) atoms. The summed E-state index contributed by atoms with van der Waals surface area (Å²) < 4.78 is 0. The Morgan fingerprint density at radius 2 is 2.27 bits per heavy atom. The molecule has 0 spiro atoms. The van der Waals surface area contributed by atoms with Crippen molar-refractivity contribution in [3.05, 3.63) is 29.3 Å². The van der Waals surface area contributed by atoms with Crippen molar-refractivity contribution in [1.82, 2.24) is 4.90 Å². The molecule has 0 saturated heterocycles. The molecule has 1 aromatic rings. The molecule has 3 nitrogen and oxygen atoms in total. The molecular formula is C12H16N2O. The first kappa shape index (κ1) is 10.0.